The van der Waals surface area contributed by atoms with Gasteiger partial charge in [0.05, 0.1) is 0 Å². The van der Waals surface area contributed by atoms with E-state index in [9.17, 15) is 5.11 Å². The molecule has 0 bridgehead atoms. The molecule has 1 aromatic heterocycles. The van der Waals surface area contributed by atoms with E-state index in [0.29, 0.717) is 5.69 Å². The second-order valence-electron chi connectivity index (χ2n) is 1.47. The van der Waals surface area contributed by atoms with Crippen LogP contribution in [0.2, 0.25) is 0 Å². The van der Waals surface area contributed by atoms with Gasteiger partial charge in [0.25, 0.3) is 0 Å². The van der Waals surface area contributed by atoms with Crippen LogP contribution in [0, 0.1) is 0 Å². The summed E-state index contributed by atoms with van der Waals surface area (Å²) in [6.07, 6.45) is 1.62. The Morgan fingerprint density at radius 2 is 2.22 bits per heavy atom. The molecule has 2 nitrogen and oxygen atoms in total. The van der Waals surface area contributed by atoms with Crippen molar-refractivity contribution in [2.45, 2.75) is 6.61 Å². The second kappa shape index (κ2) is 4.57. The number of pyridine rings is 1. The van der Waals surface area contributed by atoms with Crippen molar-refractivity contribution in [2.75, 3.05) is 0 Å². The first-order valence-corrected chi connectivity index (χ1v) is 2.41. The molecule has 1 rings (SSSR count). The van der Waals surface area contributed by atoms with Crippen molar-refractivity contribution in [3.05, 3.63) is 30.1 Å². The first kappa shape index (κ1) is 8.71. The molecule has 0 aliphatic heterocycles. The Kier molecular flexibility index (Phi) is 4.42. The zero-order valence-corrected chi connectivity index (χ0v) is 5.37. The number of nitrogens with zero attached hydrogens (tertiary/aromatic N) is 1. The monoisotopic (exact) mass is 115 g/mol. The number of aromatic nitrogens is 1. The largest absolute Gasteiger partial charge is 1.00 e. The van der Waals surface area contributed by atoms with E-state index in [1.54, 1.807) is 24.4 Å². The molecule has 42 valence electrons. The van der Waals surface area contributed by atoms with Crippen LogP contribution in [0.4, 0.5) is 0 Å². The Morgan fingerprint density at radius 1 is 1.44 bits per heavy atom. The summed E-state index contributed by atoms with van der Waals surface area (Å²) < 4.78 is 0. The van der Waals surface area contributed by atoms with E-state index in [0.717, 1.165) is 0 Å². The van der Waals surface area contributed by atoms with Gasteiger partial charge in [-0.25, -0.2) is 0 Å². The molecule has 0 atom stereocenters. The maximum absolute atomic E-state index is 10.1. The topological polar surface area (TPSA) is 36.0 Å². The molecule has 0 aliphatic carbocycles. The maximum Gasteiger partial charge on any atom is 1.00 e. The van der Waals surface area contributed by atoms with E-state index in [-0.39, 0.29) is 25.5 Å². The van der Waals surface area contributed by atoms with Gasteiger partial charge in [0.1, 0.15) is 0 Å². The van der Waals surface area contributed by atoms with Gasteiger partial charge in [0.2, 0.25) is 0 Å². The molecule has 0 N–H and O–H groups in total. The molecule has 1 aromatic rings. The number of rotatable bonds is 1. The molecular weight excluding hydrogens is 109 g/mol. The van der Waals surface area contributed by atoms with Crippen LogP contribution in [-0.4, -0.2) is 4.98 Å². The molecule has 0 aliphatic rings. The van der Waals surface area contributed by atoms with Crippen molar-refractivity contribution in [1.29, 1.82) is 0 Å². The van der Waals surface area contributed by atoms with Crippen molar-refractivity contribution in [2.24, 2.45) is 0 Å². The predicted octanol–water partition coefficient (Wildman–Crippen LogP) is -3.05. The van der Waals surface area contributed by atoms with E-state index < -0.39 is 0 Å². The predicted molar refractivity (Wildman–Crippen MR) is 27.9 cm³/mol. The maximum atomic E-state index is 10.1. The molecule has 0 aromatic carbocycles. The summed E-state index contributed by atoms with van der Waals surface area (Å²) in [5, 5.41) is 10.1. The molecular formula is C6H6LiNO. The Labute approximate surface area is 66.1 Å². The van der Waals surface area contributed by atoms with E-state index in [1.807, 2.05) is 0 Å². The van der Waals surface area contributed by atoms with Gasteiger partial charge in [0, 0.05) is 11.9 Å². The number of hydrogen-bond donors (Lipinski definition) is 0. The average molecular weight is 115 g/mol. The van der Waals surface area contributed by atoms with Crippen LogP contribution < -0.4 is 24.0 Å². The van der Waals surface area contributed by atoms with Crippen LogP contribution >= 0.6 is 0 Å². The third-order valence-corrected chi connectivity index (χ3v) is 0.874. The quantitative estimate of drug-likeness (QED) is 0.364. The molecule has 9 heavy (non-hydrogen) atoms. The standard InChI is InChI=1S/C6H6NO.Li/c8-5-6-3-1-2-4-7-6;/h1-4H,5H2;/q-1;+1. The van der Waals surface area contributed by atoms with Crippen LogP contribution in [0.3, 0.4) is 0 Å². The fraction of sp³-hybridized carbons (Fsp3) is 0.167. The van der Waals surface area contributed by atoms with Crippen molar-refractivity contribution in [1.82, 2.24) is 4.98 Å². The summed E-state index contributed by atoms with van der Waals surface area (Å²) in [6, 6.07) is 5.31. The van der Waals surface area contributed by atoms with E-state index >= 15 is 0 Å². The Balaban J connectivity index is 0.000000640. The summed E-state index contributed by atoms with van der Waals surface area (Å²) in [4.78, 5) is 3.78. The number of hydrogen-bond acceptors (Lipinski definition) is 2. The Bertz CT molecular complexity index is 154. The zero-order chi connectivity index (χ0) is 5.82. The van der Waals surface area contributed by atoms with Crippen molar-refractivity contribution in [3.8, 4) is 0 Å². The third-order valence-electron chi connectivity index (χ3n) is 0.874. The first-order chi connectivity index (χ1) is 3.93. The minimum Gasteiger partial charge on any atom is -0.850 e. The smallest absolute Gasteiger partial charge is 0.850 e. The van der Waals surface area contributed by atoms with Gasteiger partial charge in [-0.3, -0.25) is 4.98 Å². The minimum absolute atomic E-state index is 0. The Morgan fingerprint density at radius 3 is 2.56 bits per heavy atom. The zero-order valence-electron chi connectivity index (χ0n) is 5.37. The summed E-state index contributed by atoms with van der Waals surface area (Å²) in [6.45, 7) is -0.221. The van der Waals surface area contributed by atoms with Gasteiger partial charge in [-0.15, -0.1) is 0 Å². The van der Waals surface area contributed by atoms with Gasteiger partial charge in [0.15, 0.2) is 0 Å². The van der Waals surface area contributed by atoms with Gasteiger partial charge in [-0.1, -0.05) is 12.7 Å². The Hall–Kier alpha value is -0.293. The van der Waals surface area contributed by atoms with Gasteiger partial charge in [-0.2, -0.15) is 0 Å². The summed E-state index contributed by atoms with van der Waals surface area (Å²) in [7, 11) is 0. The van der Waals surface area contributed by atoms with Crippen LogP contribution in [0.15, 0.2) is 24.4 Å². The van der Waals surface area contributed by atoms with E-state index in [4.69, 9.17) is 0 Å². The summed E-state index contributed by atoms with van der Waals surface area (Å²) >= 11 is 0. The minimum atomic E-state index is -0.221. The van der Waals surface area contributed by atoms with Crippen LogP contribution in [0.5, 0.6) is 0 Å². The molecule has 0 spiro atoms. The SMILES string of the molecule is [Li+].[O-]Cc1ccccn1. The van der Waals surface area contributed by atoms with Crippen LogP contribution in [-0.2, 0) is 6.61 Å². The molecule has 0 unspecified atom stereocenters. The molecule has 0 saturated carbocycles. The van der Waals surface area contributed by atoms with Gasteiger partial charge < -0.3 is 5.11 Å². The molecule has 0 amide bonds. The molecule has 1 heterocycles. The molecule has 0 saturated heterocycles. The van der Waals surface area contributed by atoms with Crippen molar-refractivity contribution < 1.29 is 24.0 Å². The fourth-order valence-electron chi connectivity index (χ4n) is 0.484. The average Bonchev–Trinajstić information content (AvgIpc) is 1.90. The molecule has 0 radical (unpaired) electrons. The normalized spacial score (nSPS) is 8.11. The first-order valence-electron chi connectivity index (χ1n) is 2.41. The molecule has 3 heteroatoms. The van der Waals surface area contributed by atoms with E-state index in [1.165, 1.54) is 0 Å². The summed E-state index contributed by atoms with van der Waals surface area (Å²) in [5.74, 6) is 0. The molecule has 0 fully saturated rings. The van der Waals surface area contributed by atoms with Gasteiger partial charge >= 0.3 is 18.9 Å². The second-order valence-corrected chi connectivity index (χ2v) is 1.47. The summed E-state index contributed by atoms with van der Waals surface area (Å²) in [5.41, 5.74) is 0.604. The van der Waals surface area contributed by atoms with Crippen LogP contribution in [0.25, 0.3) is 0 Å². The van der Waals surface area contributed by atoms with Crippen LogP contribution in [0.1, 0.15) is 5.69 Å². The van der Waals surface area contributed by atoms with Crippen molar-refractivity contribution in [3.63, 3.8) is 0 Å². The van der Waals surface area contributed by atoms with Gasteiger partial charge in [-0.05, 0) is 12.1 Å². The van der Waals surface area contributed by atoms with E-state index in [2.05, 4.69) is 4.98 Å². The fourth-order valence-corrected chi connectivity index (χ4v) is 0.484. The van der Waals surface area contributed by atoms with Crippen molar-refractivity contribution >= 4 is 0 Å². The third kappa shape index (κ3) is 2.66.